The fraction of sp³-hybridized carbons (Fsp3) is 0.429. The lowest BCUT2D eigenvalue weighted by molar-refractivity contribution is -0.146. The van der Waals surface area contributed by atoms with Crippen LogP contribution in [0.3, 0.4) is 0 Å². The van der Waals surface area contributed by atoms with Crippen LogP contribution in [0.25, 0.3) is 10.9 Å². The van der Waals surface area contributed by atoms with Crippen molar-refractivity contribution in [1.82, 2.24) is 15.2 Å². The minimum atomic E-state index is -0.568. The van der Waals surface area contributed by atoms with E-state index in [0.29, 0.717) is 31.7 Å². The molecule has 0 radical (unpaired) electrons. The number of fused-ring (bicyclic) bond motifs is 1. The third kappa shape index (κ3) is 3.77. The number of pyridine rings is 1. The molecule has 3 rings (SSSR count). The molecule has 2 aromatic rings. The summed E-state index contributed by atoms with van der Waals surface area (Å²) in [5.74, 6) is -1.07. The van der Waals surface area contributed by atoms with Gasteiger partial charge in [-0.25, -0.2) is 0 Å². The van der Waals surface area contributed by atoms with E-state index in [-0.39, 0.29) is 6.04 Å². The van der Waals surface area contributed by atoms with Gasteiger partial charge in [-0.05, 0) is 39.3 Å². The number of nitriles is 1. The highest BCUT2D eigenvalue weighted by Crippen LogP contribution is 2.32. The Bertz CT molecular complexity index is 969. The monoisotopic (exact) mass is 379 g/mol. The van der Waals surface area contributed by atoms with Gasteiger partial charge in [-0.15, -0.1) is 0 Å². The molecule has 146 valence electrons. The molecule has 1 fully saturated rings. The Morgan fingerprint density at radius 2 is 1.86 bits per heavy atom. The summed E-state index contributed by atoms with van der Waals surface area (Å²) in [5, 5.41) is 13.2. The fourth-order valence-electron chi connectivity index (χ4n) is 3.67. The van der Waals surface area contributed by atoms with Crippen LogP contribution in [0.4, 0.5) is 5.69 Å². The van der Waals surface area contributed by atoms with E-state index in [0.717, 1.165) is 27.7 Å². The molecule has 1 N–H and O–H groups in total. The summed E-state index contributed by atoms with van der Waals surface area (Å²) in [6, 6.07) is 6.30. The van der Waals surface area contributed by atoms with Gasteiger partial charge in [0.15, 0.2) is 0 Å². The molecule has 1 aromatic heterocycles. The van der Waals surface area contributed by atoms with E-state index in [1.54, 1.807) is 11.1 Å². The molecule has 2 heterocycles. The standard InChI is InChI=1S/C21H25N5O2/c1-13(2)24-20(27)21(28)26-7-5-25(6-8-26)19-16(11-22)12-23-18-15(4)9-14(3)10-17(18)19/h9-10,12-13H,5-8H2,1-4H3,(H,24,27). The smallest absolute Gasteiger partial charge is 0.312 e. The van der Waals surface area contributed by atoms with Crippen molar-refractivity contribution in [1.29, 1.82) is 5.26 Å². The molecule has 7 heteroatoms. The van der Waals surface area contributed by atoms with Gasteiger partial charge < -0.3 is 15.1 Å². The normalized spacial score (nSPS) is 14.3. The third-order valence-electron chi connectivity index (χ3n) is 4.90. The summed E-state index contributed by atoms with van der Waals surface area (Å²) in [6.45, 7) is 9.67. The zero-order chi connectivity index (χ0) is 20.4. The number of carbonyl (C=O) groups excluding carboxylic acids is 2. The summed E-state index contributed by atoms with van der Waals surface area (Å²) < 4.78 is 0. The highest BCUT2D eigenvalue weighted by Gasteiger charge is 2.28. The first-order valence-corrected chi connectivity index (χ1v) is 9.46. The lowest BCUT2D eigenvalue weighted by Crippen LogP contribution is -2.53. The topological polar surface area (TPSA) is 89.3 Å². The number of amides is 2. The van der Waals surface area contributed by atoms with Crippen molar-refractivity contribution in [3.63, 3.8) is 0 Å². The largest absolute Gasteiger partial charge is 0.366 e. The van der Waals surface area contributed by atoms with Crippen molar-refractivity contribution in [3.8, 4) is 6.07 Å². The van der Waals surface area contributed by atoms with Crippen LogP contribution in [0.5, 0.6) is 0 Å². The van der Waals surface area contributed by atoms with Crippen molar-refractivity contribution < 1.29 is 9.59 Å². The number of nitrogens with one attached hydrogen (secondary N) is 1. The Morgan fingerprint density at radius 1 is 1.18 bits per heavy atom. The molecule has 0 atom stereocenters. The average Bonchev–Trinajstić information content (AvgIpc) is 2.66. The average molecular weight is 379 g/mol. The summed E-state index contributed by atoms with van der Waals surface area (Å²) in [6.07, 6.45) is 1.62. The molecule has 0 spiro atoms. The maximum absolute atomic E-state index is 12.3. The molecule has 2 amide bonds. The van der Waals surface area contributed by atoms with E-state index >= 15 is 0 Å². The highest BCUT2D eigenvalue weighted by molar-refractivity contribution is 6.35. The van der Waals surface area contributed by atoms with Crippen LogP contribution < -0.4 is 10.2 Å². The van der Waals surface area contributed by atoms with Gasteiger partial charge in [-0.3, -0.25) is 14.6 Å². The van der Waals surface area contributed by atoms with E-state index < -0.39 is 11.8 Å². The van der Waals surface area contributed by atoms with Gasteiger partial charge in [0.1, 0.15) is 6.07 Å². The highest BCUT2D eigenvalue weighted by atomic mass is 16.2. The van der Waals surface area contributed by atoms with Crippen molar-refractivity contribution >= 4 is 28.4 Å². The van der Waals surface area contributed by atoms with Crippen molar-refractivity contribution in [3.05, 3.63) is 35.0 Å². The van der Waals surface area contributed by atoms with Gasteiger partial charge in [-0.1, -0.05) is 11.6 Å². The minimum absolute atomic E-state index is 0.0782. The van der Waals surface area contributed by atoms with E-state index in [2.05, 4.69) is 33.4 Å². The Morgan fingerprint density at radius 3 is 2.46 bits per heavy atom. The number of aromatic nitrogens is 1. The van der Waals surface area contributed by atoms with Crippen LogP contribution in [0.15, 0.2) is 18.3 Å². The van der Waals surface area contributed by atoms with Gasteiger partial charge in [0.2, 0.25) is 0 Å². The quantitative estimate of drug-likeness (QED) is 0.805. The van der Waals surface area contributed by atoms with Crippen LogP contribution in [-0.4, -0.2) is 53.9 Å². The van der Waals surface area contributed by atoms with E-state index in [9.17, 15) is 14.9 Å². The SMILES string of the molecule is Cc1cc(C)c2ncc(C#N)c(N3CCN(C(=O)C(=O)NC(C)C)CC3)c2c1. The number of nitrogens with zero attached hydrogens (tertiary/aromatic N) is 4. The first-order valence-electron chi connectivity index (χ1n) is 9.46. The second-order valence-corrected chi connectivity index (χ2v) is 7.52. The van der Waals surface area contributed by atoms with Crippen LogP contribution >= 0.6 is 0 Å². The molecule has 1 aromatic carbocycles. The van der Waals surface area contributed by atoms with Gasteiger partial charge in [0, 0.05) is 43.8 Å². The lowest BCUT2D eigenvalue weighted by Gasteiger charge is -2.36. The molecule has 0 aliphatic carbocycles. The third-order valence-corrected chi connectivity index (χ3v) is 4.90. The van der Waals surface area contributed by atoms with Crippen LogP contribution in [0, 0.1) is 25.2 Å². The first kappa shape index (κ1) is 19.6. The van der Waals surface area contributed by atoms with Gasteiger partial charge in [0.05, 0.1) is 16.8 Å². The number of aryl methyl sites for hydroxylation is 2. The molecule has 0 bridgehead atoms. The lowest BCUT2D eigenvalue weighted by atomic mass is 10.0. The summed E-state index contributed by atoms with van der Waals surface area (Å²) in [4.78, 5) is 32.5. The van der Waals surface area contributed by atoms with Crippen LogP contribution in [-0.2, 0) is 9.59 Å². The Labute approximate surface area is 164 Å². The Kier molecular flexibility index (Phi) is 5.50. The molecular formula is C21H25N5O2. The summed E-state index contributed by atoms with van der Waals surface area (Å²) in [5.41, 5.74) is 4.45. The molecule has 1 saturated heterocycles. The number of piperazine rings is 1. The summed E-state index contributed by atoms with van der Waals surface area (Å²) in [7, 11) is 0. The number of anilines is 1. The molecule has 0 saturated carbocycles. The van der Waals surface area contributed by atoms with Crippen molar-refractivity contribution in [2.75, 3.05) is 31.1 Å². The number of hydrogen-bond donors (Lipinski definition) is 1. The molecule has 28 heavy (non-hydrogen) atoms. The number of carbonyl (C=O) groups is 2. The number of benzene rings is 1. The van der Waals surface area contributed by atoms with E-state index in [1.807, 2.05) is 27.7 Å². The predicted molar refractivity (Wildman–Crippen MR) is 108 cm³/mol. The van der Waals surface area contributed by atoms with Crippen molar-refractivity contribution in [2.45, 2.75) is 33.7 Å². The fourth-order valence-corrected chi connectivity index (χ4v) is 3.67. The zero-order valence-corrected chi connectivity index (χ0v) is 16.7. The van der Waals surface area contributed by atoms with Crippen LogP contribution in [0.2, 0.25) is 0 Å². The molecule has 7 nitrogen and oxygen atoms in total. The molecule has 1 aliphatic heterocycles. The van der Waals surface area contributed by atoms with Gasteiger partial charge in [0.25, 0.3) is 0 Å². The van der Waals surface area contributed by atoms with Crippen molar-refractivity contribution in [2.24, 2.45) is 0 Å². The number of hydrogen-bond acceptors (Lipinski definition) is 5. The maximum atomic E-state index is 12.3. The Balaban J connectivity index is 1.87. The molecule has 0 unspecified atom stereocenters. The van der Waals surface area contributed by atoms with Crippen LogP contribution in [0.1, 0.15) is 30.5 Å². The zero-order valence-electron chi connectivity index (χ0n) is 16.7. The first-order chi connectivity index (χ1) is 13.3. The second-order valence-electron chi connectivity index (χ2n) is 7.52. The van der Waals surface area contributed by atoms with E-state index in [1.165, 1.54) is 0 Å². The van der Waals surface area contributed by atoms with Gasteiger partial charge >= 0.3 is 11.8 Å². The second kappa shape index (κ2) is 7.85. The Hall–Kier alpha value is -3.14. The predicted octanol–water partition coefficient (Wildman–Crippen LogP) is 1.90. The van der Waals surface area contributed by atoms with E-state index in [4.69, 9.17) is 0 Å². The molecular weight excluding hydrogens is 354 g/mol. The molecule has 1 aliphatic rings. The number of rotatable bonds is 2. The maximum Gasteiger partial charge on any atom is 0.312 e. The minimum Gasteiger partial charge on any atom is -0.366 e. The van der Waals surface area contributed by atoms with Gasteiger partial charge in [-0.2, -0.15) is 5.26 Å². The summed E-state index contributed by atoms with van der Waals surface area (Å²) >= 11 is 0.